The molecule has 1 aromatic rings. The van der Waals surface area contributed by atoms with Gasteiger partial charge in [-0.25, -0.2) is 0 Å². The van der Waals surface area contributed by atoms with Crippen molar-refractivity contribution in [1.29, 1.82) is 0 Å². The summed E-state index contributed by atoms with van der Waals surface area (Å²) < 4.78 is 5.45. The van der Waals surface area contributed by atoms with Gasteiger partial charge in [0.1, 0.15) is 11.9 Å². The molecule has 1 rings (SSSR count). The Bertz CT molecular complexity index is 236. The molecule has 0 saturated heterocycles. The summed E-state index contributed by atoms with van der Waals surface area (Å²) in [5, 5.41) is 8.95. The van der Waals surface area contributed by atoms with E-state index in [0.29, 0.717) is 0 Å². The zero-order chi connectivity index (χ0) is 9.68. The molecule has 2 atom stereocenters. The quantitative estimate of drug-likeness (QED) is 0.721. The van der Waals surface area contributed by atoms with Gasteiger partial charge in [0.15, 0.2) is 0 Å². The molecule has 0 aliphatic carbocycles. The fourth-order valence-electron chi connectivity index (χ4n) is 0.985. The summed E-state index contributed by atoms with van der Waals surface area (Å²) in [6, 6.07) is 9.17. The molecule has 0 bridgehead atoms. The first-order valence-electron chi connectivity index (χ1n) is 4.32. The van der Waals surface area contributed by atoms with Crippen molar-refractivity contribution in [2.75, 3.05) is 6.61 Å². The summed E-state index contributed by atoms with van der Waals surface area (Å²) in [5.74, 6) is 0.735. The molecule has 1 aromatic carbocycles. The molecule has 0 heterocycles. The Balaban J connectivity index is 2.57. The van der Waals surface area contributed by atoms with Crippen LogP contribution in [-0.2, 0) is 0 Å². The highest BCUT2D eigenvalue weighted by Crippen LogP contribution is 2.11. The SMILES string of the molecule is CC(N)C(CO)Oc1ccccc1. The van der Waals surface area contributed by atoms with Crippen molar-refractivity contribution in [3.8, 4) is 5.75 Å². The monoisotopic (exact) mass is 181 g/mol. The lowest BCUT2D eigenvalue weighted by molar-refractivity contribution is 0.0991. The van der Waals surface area contributed by atoms with E-state index >= 15 is 0 Å². The van der Waals surface area contributed by atoms with Gasteiger partial charge in [-0.1, -0.05) is 18.2 Å². The molecule has 3 heteroatoms. The van der Waals surface area contributed by atoms with Crippen molar-refractivity contribution < 1.29 is 9.84 Å². The van der Waals surface area contributed by atoms with E-state index < -0.39 is 0 Å². The maximum atomic E-state index is 8.95. The van der Waals surface area contributed by atoms with Crippen molar-refractivity contribution in [2.45, 2.75) is 19.1 Å². The molecule has 13 heavy (non-hydrogen) atoms. The van der Waals surface area contributed by atoms with Crippen molar-refractivity contribution in [3.63, 3.8) is 0 Å². The summed E-state index contributed by atoms with van der Waals surface area (Å²) in [7, 11) is 0. The number of para-hydroxylation sites is 1. The Hall–Kier alpha value is -1.06. The van der Waals surface area contributed by atoms with E-state index in [4.69, 9.17) is 15.6 Å². The first kappa shape index (κ1) is 10.0. The third-order valence-corrected chi connectivity index (χ3v) is 1.80. The molecule has 0 aromatic heterocycles. The van der Waals surface area contributed by atoms with E-state index in [0.717, 1.165) is 5.75 Å². The smallest absolute Gasteiger partial charge is 0.136 e. The Kier molecular flexibility index (Phi) is 3.73. The lowest BCUT2D eigenvalue weighted by Gasteiger charge is -2.19. The normalized spacial score (nSPS) is 15.0. The number of aliphatic hydroxyl groups excluding tert-OH is 1. The predicted molar refractivity (Wildman–Crippen MR) is 51.6 cm³/mol. The van der Waals surface area contributed by atoms with E-state index in [9.17, 15) is 0 Å². The maximum Gasteiger partial charge on any atom is 0.136 e. The van der Waals surface area contributed by atoms with Crippen molar-refractivity contribution in [1.82, 2.24) is 0 Å². The molecule has 0 saturated carbocycles. The molecule has 0 aliphatic rings. The maximum absolute atomic E-state index is 8.95. The van der Waals surface area contributed by atoms with Crippen LogP contribution in [0.1, 0.15) is 6.92 Å². The first-order chi connectivity index (χ1) is 6.24. The van der Waals surface area contributed by atoms with Gasteiger partial charge >= 0.3 is 0 Å². The number of benzene rings is 1. The number of hydrogen-bond donors (Lipinski definition) is 2. The number of aliphatic hydroxyl groups is 1. The average molecular weight is 181 g/mol. The summed E-state index contributed by atoms with van der Waals surface area (Å²) in [4.78, 5) is 0. The van der Waals surface area contributed by atoms with E-state index in [1.165, 1.54) is 0 Å². The number of ether oxygens (including phenoxy) is 1. The van der Waals surface area contributed by atoms with Gasteiger partial charge in [-0.15, -0.1) is 0 Å². The largest absolute Gasteiger partial charge is 0.486 e. The Morgan fingerprint density at radius 2 is 2.00 bits per heavy atom. The Labute approximate surface area is 78.1 Å². The lowest BCUT2D eigenvalue weighted by Crippen LogP contribution is -2.39. The van der Waals surface area contributed by atoms with Gasteiger partial charge in [-0.2, -0.15) is 0 Å². The molecule has 0 spiro atoms. The molecule has 0 aliphatic heterocycles. The zero-order valence-corrected chi connectivity index (χ0v) is 7.68. The van der Waals surface area contributed by atoms with Crippen LogP contribution in [-0.4, -0.2) is 23.9 Å². The fraction of sp³-hybridized carbons (Fsp3) is 0.400. The van der Waals surface area contributed by atoms with Gasteiger partial charge in [0.2, 0.25) is 0 Å². The minimum absolute atomic E-state index is 0.0629. The summed E-state index contributed by atoms with van der Waals surface area (Å²) in [6.45, 7) is 1.75. The van der Waals surface area contributed by atoms with Gasteiger partial charge < -0.3 is 15.6 Å². The predicted octanol–water partition coefficient (Wildman–Crippen LogP) is 0.773. The standard InChI is InChI=1S/C10H15NO2/c1-8(11)10(7-12)13-9-5-3-2-4-6-9/h2-6,8,10,12H,7,11H2,1H3. The molecular weight excluding hydrogens is 166 g/mol. The summed E-state index contributed by atoms with van der Waals surface area (Å²) in [6.07, 6.45) is -0.331. The van der Waals surface area contributed by atoms with Gasteiger partial charge in [0, 0.05) is 6.04 Å². The molecule has 0 radical (unpaired) electrons. The van der Waals surface area contributed by atoms with Gasteiger partial charge in [0.25, 0.3) is 0 Å². The zero-order valence-electron chi connectivity index (χ0n) is 7.68. The topological polar surface area (TPSA) is 55.5 Å². The number of hydrogen-bond acceptors (Lipinski definition) is 3. The molecule has 0 amide bonds. The molecular formula is C10H15NO2. The molecule has 72 valence electrons. The van der Waals surface area contributed by atoms with Gasteiger partial charge in [-0.05, 0) is 19.1 Å². The van der Waals surface area contributed by atoms with Gasteiger partial charge in [-0.3, -0.25) is 0 Å². The second kappa shape index (κ2) is 4.84. The molecule has 3 N–H and O–H groups in total. The van der Waals surface area contributed by atoms with Crippen LogP contribution in [0.5, 0.6) is 5.75 Å². The van der Waals surface area contributed by atoms with Crippen LogP contribution in [0.25, 0.3) is 0 Å². The average Bonchev–Trinajstić information content (AvgIpc) is 2.15. The Morgan fingerprint density at radius 1 is 1.38 bits per heavy atom. The van der Waals surface area contributed by atoms with Crippen LogP contribution in [0.2, 0.25) is 0 Å². The van der Waals surface area contributed by atoms with Crippen molar-refractivity contribution in [2.24, 2.45) is 5.73 Å². The summed E-state index contributed by atoms with van der Waals surface area (Å²) in [5.41, 5.74) is 5.61. The highest BCUT2D eigenvalue weighted by Gasteiger charge is 2.13. The molecule has 0 fully saturated rings. The third-order valence-electron chi connectivity index (χ3n) is 1.80. The van der Waals surface area contributed by atoms with Gasteiger partial charge in [0.05, 0.1) is 6.61 Å². The van der Waals surface area contributed by atoms with Crippen LogP contribution >= 0.6 is 0 Å². The third kappa shape index (κ3) is 3.05. The Morgan fingerprint density at radius 3 is 2.46 bits per heavy atom. The fourth-order valence-corrected chi connectivity index (χ4v) is 0.985. The summed E-state index contributed by atoms with van der Waals surface area (Å²) >= 11 is 0. The second-order valence-electron chi connectivity index (χ2n) is 3.01. The van der Waals surface area contributed by atoms with Crippen molar-refractivity contribution >= 4 is 0 Å². The minimum Gasteiger partial charge on any atom is -0.486 e. The van der Waals surface area contributed by atoms with E-state index in [1.807, 2.05) is 37.3 Å². The highest BCUT2D eigenvalue weighted by atomic mass is 16.5. The second-order valence-corrected chi connectivity index (χ2v) is 3.01. The molecule has 3 nitrogen and oxygen atoms in total. The van der Waals surface area contributed by atoms with Crippen LogP contribution in [0.4, 0.5) is 0 Å². The first-order valence-corrected chi connectivity index (χ1v) is 4.32. The van der Waals surface area contributed by atoms with Crippen LogP contribution in [0, 0.1) is 0 Å². The number of nitrogens with two attached hydrogens (primary N) is 1. The van der Waals surface area contributed by atoms with E-state index in [2.05, 4.69) is 0 Å². The molecule has 2 unspecified atom stereocenters. The lowest BCUT2D eigenvalue weighted by atomic mass is 10.2. The van der Waals surface area contributed by atoms with Crippen LogP contribution in [0.15, 0.2) is 30.3 Å². The van der Waals surface area contributed by atoms with Crippen LogP contribution in [0.3, 0.4) is 0 Å². The minimum atomic E-state index is -0.331. The number of rotatable bonds is 4. The van der Waals surface area contributed by atoms with Crippen molar-refractivity contribution in [3.05, 3.63) is 30.3 Å². The van der Waals surface area contributed by atoms with E-state index in [1.54, 1.807) is 0 Å². The van der Waals surface area contributed by atoms with E-state index in [-0.39, 0.29) is 18.8 Å². The highest BCUT2D eigenvalue weighted by molar-refractivity contribution is 5.21. The van der Waals surface area contributed by atoms with Crippen LogP contribution < -0.4 is 10.5 Å².